The lowest BCUT2D eigenvalue weighted by molar-refractivity contribution is -0.118. The van der Waals surface area contributed by atoms with Crippen molar-refractivity contribution in [3.8, 4) is 5.75 Å². The van der Waals surface area contributed by atoms with Crippen LogP contribution in [0.2, 0.25) is 0 Å². The summed E-state index contributed by atoms with van der Waals surface area (Å²) in [6, 6.07) is 5.75. The lowest BCUT2D eigenvalue weighted by Crippen LogP contribution is -2.20. The van der Waals surface area contributed by atoms with Crippen molar-refractivity contribution in [1.82, 2.24) is 19.8 Å². The number of nitrogens with zero attached hydrogens (tertiary/aromatic N) is 4. The van der Waals surface area contributed by atoms with Gasteiger partial charge >= 0.3 is 0 Å². The molecule has 0 aliphatic heterocycles. The van der Waals surface area contributed by atoms with Gasteiger partial charge in [0.25, 0.3) is 5.91 Å². The van der Waals surface area contributed by atoms with Gasteiger partial charge in [0.05, 0.1) is 0 Å². The van der Waals surface area contributed by atoms with Gasteiger partial charge in [0.2, 0.25) is 10.1 Å². The van der Waals surface area contributed by atoms with Gasteiger partial charge in [-0.15, -0.1) is 15.3 Å². The van der Waals surface area contributed by atoms with Crippen LogP contribution in [-0.4, -0.2) is 32.3 Å². The zero-order valence-corrected chi connectivity index (χ0v) is 14.7. The van der Waals surface area contributed by atoms with Crippen LogP contribution in [0.3, 0.4) is 0 Å². The molecule has 7 nitrogen and oxygen atoms in total. The highest BCUT2D eigenvalue weighted by atomic mass is 32.1. The maximum Gasteiger partial charge on any atom is 0.264 e. The molecular formula is C16H19N5O2S. The lowest BCUT2D eigenvalue weighted by atomic mass is 10.1. The van der Waals surface area contributed by atoms with Gasteiger partial charge in [0.1, 0.15) is 5.75 Å². The summed E-state index contributed by atoms with van der Waals surface area (Å²) >= 11 is 1.29. The van der Waals surface area contributed by atoms with Crippen molar-refractivity contribution in [2.24, 2.45) is 0 Å². The zero-order valence-electron chi connectivity index (χ0n) is 13.9. The van der Waals surface area contributed by atoms with Crippen molar-refractivity contribution in [3.05, 3.63) is 35.2 Å². The van der Waals surface area contributed by atoms with Crippen LogP contribution in [-0.2, 0) is 11.2 Å². The van der Waals surface area contributed by atoms with Crippen LogP contribution in [0.4, 0.5) is 5.13 Å². The first-order valence-corrected chi connectivity index (χ1v) is 8.59. The molecule has 24 heavy (non-hydrogen) atoms. The second-order valence-corrected chi connectivity index (χ2v) is 6.51. The number of ether oxygens (including phenoxy) is 1. The minimum Gasteiger partial charge on any atom is -0.484 e. The molecule has 2 aromatic heterocycles. The quantitative estimate of drug-likeness (QED) is 0.743. The van der Waals surface area contributed by atoms with E-state index in [1.165, 1.54) is 16.9 Å². The number of benzene rings is 1. The largest absolute Gasteiger partial charge is 0.484 e. The van der Waals surface area contributed by atoms with E-state index in [1.807, 2.05) is 32.0 Å². The number of anilines is 1. The average Bonchev–Trinajstić information content (AvgIpc) is 3.10. The van der Waals surface area contributed by atoms with E-state index < -0.39 is 0 Å². The second-order valence-electron chi connectivity index (χ2n) is 5.55. The van der Waals surface area contributed by atoms with Crippen molar-refractivity contribution in [3.63, 3.8) is 0 Å². The Morgan fingerprint density at radius 2 is 2.12 bits per heavy atom. The first-order chi connectivity index (χ1) is 11.6. The Hall–Kier alpha value is -2.48. The average molecular weight is 345 g/mol. The molecule has 8 heteroatoms. The molecule has 0 saturated carbocycles. The van der Waals surface area contributed by atoms with E-state index in [-0.39, 0.29) is 12.5 Å². The first-order valence-electron chi connectivity index (χ1n) is 7.78. The van der Waals surface area contributed by atoms with E-state index in [0.717, 1.165) is 24.2 Å². The molecule has 0 saturated heterocycles. The number of fused-ring (bicyclic) bond motifs is 1. The molecule has 1 aromatic carbocycles. The molecule has 0 aliphatic rings. The van der Waals surface area contributed by atoms with Crippen LogP contribution in [0, 0.1) is 13.8 Å². The molecule has 126 valence electrons. The van der Waals surface area contributed by atoms with Gasteiger partial charge in [0.15, 0.2) is 12.4 Å². The third-order valence-corrected chi connectivity index (χ3v) is 4.44. The number of hydrogen-bond donors (Lipinski definition) is 1. The third-order valence-electron chi connectivity index (χ3n) is 3.62. The first kappa shape index (κ1) is 16.4. The molecule has 3 aromatic rings. The molecular weight excluding hydrogens is 326 g/mol. The molecule has 0 fully saturated rings. The van der Waals surface area contributed by atoms with Crippen molar-refractivity contribution >= 4 is 27.3 Å². The third kappa shape index (κ3) is 3.53. The molecule has 1 amide bonds. The predicted octanol–water partition coefficient (Wildman–Crippen LogP) is 2.77. The molecule has 3 rings (SSSR count). The molecule has 2 heterocycles. The van der Waals surface area contributed by atoms with Crippen molar-refractivity contribution in [1.29, 1.82) is 0 Å². The minimum absolute atomic E-state index is 0.0650. The summed E-state index contributed by atoms with van der Waals surface area (Å²) in [4.78, 5) is 12.7. The number of carbonyl (C=O) groups excluding carboxylic acids is 1. The Morgan fingerprint density at radius 1 is 1.29 bits per heavy atom. The topological polar surface area (TPSA) is 81.4 Å². The predicted molar refractivity (Wildman–Crippen MR) is 92.7 cm³/mol. The van der Waals surface area contributed by atoms with Crippen LogP contribution >= 0.6 is 11.3 Å². The highest BCUT2D eigenvalue weighted by Gasteiger charge is 2.13. The van der Waals surface area contributed by atoms with Crippen LogP contribution in [0.5, 0.6) is 5.75 Å². The van der Waals surface area contributed by atoms with Gasteiger partial charge in [0, 0.05) is 6.42 Å². The van der Waals surface area contributed by atoms with Crippen LogP contribution < -0.4 is 10.1 Å². The number of amides is 1. The van der Waals surface area contributed by atoms with Crippen LogP contribution in [0.1, 0.15) is 30.3 Å². The van der Waals surface area contributed by atoms with Gasteiger partial charge in [-0.2, -0.15) is 4.52 Å². The number of aryl methyl sites for hydroxylation is 3. The van der Waals surface area contributed by atoms with Crippen LogP contribution in [0.25, 0.3) is 4.96 Å². The Labute approximate surface area is 143 Å². The van der Waals surface area contributed by atoms with E-state index >= 15 is 0 Å². The van der Waals surface area contributed by atoms with E-state index in [0.29, 0.717) is 15.8 Å². The van der Waals surface area contributed by atoms with Crippen LogP contribution in [0.15, 0.2) is 18.2 Å². The normalized spacial score (nSPS) is 11.0. The monoisotopic (exact) mass is 345 g/mol. The standard InChI is InChI=1S/C16H19N5O2S/c1-4-5-13-18-19-16-21(13)20-15(24-16)17-14(22)9-23-12-7-6-10(2)11(3)8-12/h6-8H,4-5,9H2,1-3H3,(H,17,20,22). The van der Waals surface area contributed by atoms with Gasteiger partial charge in [-0.3, -0.25) is 10.1 Å². The summed E-state index contributed by atoms with van der Waals surface area (Å²) in [5.41, 5.74) is 2.32. The highest BCUT2D eigenvalue weighted by Crippen LogP contribution is 2.20. The molecule has 0 radical (unpaired) electrons. The summed E-state index contributed by atoms with van der Waals surface area (Å²) in [6.07, 6.45) is 1.76. The van der Waals surface area contributed by atoms with Gasteiger partial charge in [-0.05, 0) is 43.5 Å². The lowest BCUT2D eigenvalue weighted by Gasteiger charge is -2.07. The minimum atomic E-state index is -0.254. The molecule has 0 unspecified atom stereocenters. The van der Waals surface area contributed by atoms with Gasteiger partial charge in [-0.1, -0.05) is 24.3 Å². The van der Waals surface area contributed by atoms with E-state index in [2.05, 4.69) is 27.5 Å². The molecule has 1 N–H and O–H groups in total. The number of nitrogens with one attached hydrogen (secondary N) is 1. The Kier molecular flexibility index (Phi) is 4.75. The second kappa shape index (κ2) is 6.96. The fraction of sp³-hybridized carbons (Fsp3) is 0.375. The summed E-state index contributed by atoms with van der Waals surface area (Å²) in [5, 5.41) is 15.7. The SMILES string of the molecule is CCCc1nnc2sc(NC(=O)COc3ccc(C)c(C)c3)nn12. The maximum absolute atomic E-state index is 12.0. The Bertz CT molecular complexity index is 871. The summed E-state index contributed by atoms with van der Waals surface area (Å²) < 4.78 is 7.20. The maximum atomic E-state index is 12.0. The summed E-state index contributed by atoms with van der Waals surface area (Å²) in [6.45, 7) is 6.05. The number of rotatable bonds is 6. The fourth-order valence-corrected chi connectivity index (χ4v) is 2.97. The highest BCUT2D eigenvalue weighted by molar-refractivity contribution is 7.20. The van der Waals surface area contributed by atoms with Crippen molar-refractivity contribution in [2.75, 3.05) is 11.9 Å². The molecule has 0 atom stereocenters. The van der Waals surface area contributed by atoms with E-state index in [1.54, 1.807) is 4.52 Å². The molecule has 0 spiro atoms. The van der Waals surface area contributed by atoms with Gasteiger partial charge in [-0.25, -0.2) is 0 Å². The number of hydrogen-bond acceptors (Lipinski definition) is 6. The summed E-state index contributed by atoms with van der Waals surface area (Å²) in [5.74, 6) is 1.22. The fourth-order valence-electron chi connectivity index (χ4n) is 2.20. The van der Waals surface area contributed by atoms with Crippen molar-refractivity contribution in [2.45, 2.75) is 33.6 Å². The van der Waals surface area contributed by atoms with E-state index in [4.69, 9.17) is 4.74 Å². The van der Waals surface area contributed by atoms with Crippen molar-refractivity contribution < 1.29 is 9.53 Å². The zero-order chi connectivity index (χ0) is 17.1. The number of aromatic nitrogens is 4. The Morgan fingerprint density at radius 3 is 2.88 bits per heavy atom. The smallest absolute Gasteiger partial charge is 0.264 e. The van der Waals surface area contributed by atoms with E-state index in [9.17, 15) is 4.79 Å². The Balaban J connectivity index is 1.61. The summed E-state index contributed by atoms with van der Waals surface area (Å²) in [7, 11) is 0. The molecule has 0 aliphatic carbocycles. The van der Waals surface area contributed by atoms with Gasteiger partial charge < -0.3 is 4.74 Å². The molecule has 0 bridgehead atoms. The number of carbonyl (C=O) groups is 1.